The van der Waals surface area contributed by atoms with Crippen molar-refractivity contribution < 1.29 is 51.0 Å². The van der Waals surface area contributed by atoms with Crippen molar-refractivity contribution in [2.45, 2.75) is 0 Å². The van der Waals surface area contributed by atoms with Gasteiger partial charge in [0.25, 0.3) is 0 Å². The average Bonchev–Trinajstić information content (AvgIpc) is 0. The SMILES string of the molecule is [C].[Cl-].[Cl-].[Zr+2]. The van der Waals surface area contributed by atoms with Crippen LogP contribution in [0.15, 0.2) is 0 Å². The summed E-state index contributed by atoms with van der Waals surface area (Å²) in [6.07, 6.45) is 0. The molecule has 0 nitrogen and oxygen atoms in total. The fourth-order valence-electron chi connectivity index (χ4n) is 0. The Kier molecular flexibility index (Phi) is 318. The van der Waals surface area contributed by atoms with Gasteiger partial charge in [0.05, 0.1) is 0 Å². The first-order chi connectivity index (χ1) is 0. The molecule has 0 aromatic heterocycles. The minimum atomic E-state index is 0. The summed E-state index contributed by atoms with van der Waals surface area (Å²) in [6.45, 7) is 0. The molecule has 0 N–H and O–H groups in total. The van der Waals surface area contributed by atoms with Crippen molar-refractivity contribution in [2.24, 2.45) is 0 Å². The Balaban J connectivity index is 0. The van der Waals surface area contributed by atoms with Crippen LogP contribution in [0.2, 0.25) is 0 Å². The van der Waals surface area contributed by atoms with Gasteiger partial charge in [0.2, 0.25) is 0 Å². The monoisotopic (exact) mass is 172 g/mol. The molecule has 0 heterocycles. The summed E-state index contributed by atoms with van der Waals surface area (Å²) >= 11 is 0. The number of hydrogen-bond acceptors (Lipinski definition) is 0. The maximum atomic E-state index is 0. The van der Waals surface area contributed by atoms with Crippen LogP contribution in [0.5, 0.6) is 0 Å². The second-order valence-electron chi connectivity index (χ2n) is 0. The molecule has 22 valence electrons. The van der Waals surface area contributed by atoms with Crippen molar-refractivity contribution in [3.63, 3.8) is 0 Å². The minimum Gasteiger partial charge on any atom is -1.00 e. The number of hydrogen-bond donors (Lipinski definition) is 0. The summed E-state index contributed by atoms with van der Waals surface area (Å²) in [5, 5.41) is 0. The molecule has 0 amide bonds. The first-order valence-electron chi connectivity index (χ1n) is 0. The van der Waals surface area contributed by atoms with Crippen molar-refractivity contribution in [3.8, 4) is 0 Å². The van der Waals surface area contributed by atoms with Crippen molar-refractivity contribution in [3.05, 3.63) is 7.43 Å². The molecule has 0 saturated heterocycles. The molecule has 4 radical (unpaired) electrons. The molecule has 3 heteroatoms. The number of halogens is 2. The van der Waals surface area contributed by atoms with Gasteiger partial charge in [0, 0.05) is 7.43 Å². The fraction of sp³-hybridized carbons (Fsp3) is 0. The van der Waals surface area contributed by atoms with Gasteiger partial charge in [-0.1, -0.05) is 0 Å². The fourth-order valence-corrected chi connectivity index (χ4v) is 0. The zero-order chi connectivity index (χ0) is 0. The molecule has 0 aliphatic carbocycles. The summed E-state index contributed by atoms with van der Waals surface area (Å²) in [5.41, 5.74) is 0. The Bertz CT molecular complexity index is 6.00. The predicted octanol–water partition coefficient (Wildman–Crippen LogP) is -5.91. The quantitative estimate of drug-likeness (QED) is 0.343. The Morgan fingerprint density at radius 3 is 0.750 bits per heavy atom. The average molecular weight is 174 g/mol. The van der Waals surface area contributed by atoms with Crippen LogP contribution in [0.4, 0.5) is 0 Å². The van der Waals surface area contributed by atoms with Gasteiger partial charge < -0.3 is 24.8 Å². The smallest absolute Gasteiger partial charge is 1.00 e. The number of rotatable bonds is 0. The molecule has 0 spiro atoms. The summed E-state index contributed by atoms with van der Waals surface area (Å²) in [4.78, 5) is 0. The second-order valence-corrected chi connectivity index (χ2v) is 0. The van der Waals surface area contributed by atoms with E-state index in [2.05, 4.69) is 0 Å². The van der Waals surface area contributed by atoms with Gasteiger partial charge in [-0.3, -0.25) is 0 Å². The summed E-state index contributed by atoms with van der Waals surface area (Å²) in [5.74, 6) is 0. The Morgan fingerprint density at radius 1 is 0.750 bits per heavy atom. The van der Waals surface area contributed by atoms with Gasteiger partial charge in [-0.05, 0) is 0 Å². The van der Waals surface area contributed by atoms with Gasteiger partial charge in [-0.25, -0.2) is 0 Å². The van der Waals surface area contributed by atoms with E-state index in [1.807, 2.05) is 0 Å². The van der Waals surface area contributed by atoms with Crippen molar-refractivity contribution >= 4 is 0 Å². The molecule has 0 fully saturated rings. The van der Waals surface area contributed by atoms with E-state index in [9.17, 15) is 0 Å². The third kappa shape index (κ3) is 9.81. The van der Waals surface area contributed by atoms with Gasteiger partial charge in [0.1, 0.15) is 0 Å². The Morgan fingerprint density at radius 2 is 0.750 bits per heavy atom. The second kappa shape index (κ2) is 25.0. The van der Waals surface area contributed by atoms with E-state index >= 15 is 0 Å². The Hall–Kier alpha value is 1.46. The molecule has 0 bridgehead atoms. The molecule has 0 aliphatic rings. The van der Waals surface area contributed by atoms with Crippen LogP contribution in [-0.4, -0.2) is 0 Å². The topological polar surface area (TPSA) is 0 Å². The molecular weight excluding hydrogens is 174 g/mol. The molecule has 0 aliphatic heterocycles. The van der Waals surface area contributed by atoms with E-state index in [4.69, 9.17) is 0 Å². The van der Waals surface area contributed by atoms with Crippen LogP contribution in [0.25, 0.3) is 0 Å². The molecule has 0 aromatic rings. The first-order valence-corrected chi connectivity index (χ1v) is 0. The maximum Gasteiger partial charge on any atom is 2.00 e. The van der Waals surface area contributed by atoms with Gasteiger partial charge in [-0.15, -0.1) is 0 Å². The van der Waals surface area contributed by atoms with Crippen LogP contribution in [0.1, 0.15) is 0 Å². The maximum absolute atomic E-state index is 0. The molecule has 4 heavy (non-hydrogen) atoms. The minimum absolute atomic E-state index is 0. The molecular formula is CCl2Zr. The third-order valence-electron chi connectivity index (χ3n) is 0. The first kappa shape index (κ1) is 50.8. The Labute approximate surface area is 58.3 Å². The van der Waals surface area contributed by atoms with Gasteiger partial charge in [-0.2, -0.15) is 0 Å². The molecule has 0 saturated carbocycles. The van der Waals surface area contributed by atoms with E-state index in [0.29, 0.717) is 0 Å². The van der Waals surface area contributed by atoms with Crippen LogP contribution < -0.4 is 24.8 Å². The van der Waals surface area contributed by atoms with E-state index in [-0.39, 0.29) is 58.4 Å². The summed E-state index contributed by atoms with van der Waals surface area (Å²) in [7, 11) is 0. The summed E-state index contributed by atoms with van der Waals surface area (Å²) < 4.78 is 0. The molecule has 0 unspecified atom stereocenters. The third-order valence-corrected chi connectivity index (χ3v) is 0. The van der Waals surface area contributed by atoms with E-state index in [0.717, 1.165) is 0 Å². The summed E-state index contributed by atoms with van der Waals surface area (Å²) in [6, 6.07) is 0. The predicted molar refractivity (Wildman–Crippen MR) is 3.24 cm³/mol. The van der Waals surface area contributed by atoms with Crippen molar-refractivity contribution in [2.75, 3.05) is 0 Å². The largest absolute Gasteiger partial charge is 2.00 e. The van der Waals surface area contributed by atoms with E-state index in [1.165, 1.54) is 0 Å². The molecule has 0 aromatic carbocycles. The standard InChI is InChI=1S/C.2ClH.Zr/h;2*1H;/q;;;+2/p-2. The van der Waals surface area contributed by atoms with E-state index < -0.39 is 0 Å². The van der Waals surface area contributed by atoms with Gasteiger partial charge >= 0.3 is 26.2 Å². The molecule has 0 atom stereocenters. The van der Waals surface area contributed by atoms with Crippen LogP contribution >= 0.6 is 0 Å². The zero-order valence-electron chi connectivity index (χ0n) is 1.76. The van der Waals surface area contributed by atoms with E-state index in [1.54, 1.807) is 0 Å². The normalized spacial score (nSPS) is 0. The van der Waals surface area contributed by atoms with Crippen molar-refractivity contribution in [1.29, 1.82) is 0 Å². The van der Waals surface area contributed by atoms with Crippen LogP contribution in [0.3, 0.4) is 0 Å². The van der Waals surface area contributed by atoms with Crippen LogP contribution in [0, 0.1) is 7.43 Å². The van der Waals surface area contributed by atoms with Gasteiger partial charge in [0.15, 0.2) is 0 Å². The van der Waals surface area contributed by atoms with Crippen molar-refractivity contribution in [1.82, 2.24) is 0 Å². The molecule has 0 rings (SSSR count). The van der Waals surface area contributed by atoms with Crippen LogP contribution in [-0.2, 0) is 26.2 Å². The zero-order valence-corrected chi connectivity index (χ0v) is 5.73.